The summed E-state index contributed by atoms with van der Waals surface area (Å²) in [5.74, 6) is -5.64. The number of ketones is 1. The summed E-state index contributed by atoms with van der Waals surface area (Å²) in [5, 5.41) is 20.8. The molecular weight excluding hydrogens is 1060 g/mol. The van der Waals surface area contributed by atoms with Gasteiger partial charge < -0.3 is 47.7 Å². The lowest BCUT2D eigenvalue weighted by Gasteiger charge is -2.68. The Balaban J connectivity index is 1.51. The molecule has 2 N–H and O–H groups in total. The lowest BCUT2D eigenvalue weighted by Crippen LogP contribution is -2.82. The predicted octanol–water partition coefficient (Wildman–Crippen LogP) is 11.0. The fourth-order valence-corrected chi connectivity index (χ4v) is 16.5. The van der Waals surface area contributed by atoms with E-state index < -0.39 is 134 Å². The first kappa shape index (κ1) is 61.4. The Hall–Kier alpha value is -6.20. The van der Waals surface area contributed by atoms with Gasteiger partial charge in [0.15, 0.2) is 40.2 Å². The van der Waals surface area contributed by atoms with Crippen LogP contribution in [0.1, 0.15) is 121 Å². The van der Waals surface area contributed by atoms with Crippen molar-refractivity contribution in [1.82, 2.24) is 5.32 Å². The van der Waals surface area contributed by atoms with E-state index in [9.17, 15) is 25.0 Å². The van der Waals surface area contributed by atoms with Crippen LogP contribution in [0, 0.1) is 16.7 Å². The lowest BCUT2D eigenvalue weighted by molar-refractivity contribution is -0.343. The summed E-state index contributed by atoms with van der Waals surface area (Å²) >= 11 is 0. The highest BCUT2D eigenvalue weighted by atomic mass is 28.4. The van der Waals surface area contributed by atoms with Crippen molar-refractivity contribution in [2.24, 2.45) is 21.9 Å². The molecule has 1 aliphatic heterocycles. The minimum Gasteiger partial charge on any atom is -0.456 e. The number of azide groups is 1. The van der Waals surface area contributed by atoms with Crippen LogP contribution in [0.15, 0.2) is 101 Å². The molecule has 2 bridgehead atoms. The quantitative estimate of drug-likeness (QED) is 0.0228. The maximum absolute atomic E-state index is 16.7. The third-order valence-electron chi connectivity index (χ3n) is 18.3. The largest absolute Gasteiger partial charge is 0.508 e. The van der Waals surface area contributed by atoms with Gasteiger partial charge in [0.25, 0.3) is 5.91 Å². The number of esters is 3. The number of aliphatic hydroxyl groups is 1. The first-order valence-corrected chi connectivity index (χ1v) is 32.9. The smallest absolute Gasteiger partial charge is 0.456 e. The number of carbonyl (C=O) groups is 6. The molecular formula is C59H78N4O15Si2. The molecule has 2 saturated carbocycles. The average molecular weight is 1140 g/mol. The van der Waals surface area contributed by atoms with Crippen molar-refractivity contribution >= 4 is 58.1 Å². The normalized spacial score (nSPS) is 27.9. The summed E-state index contributed by atoms with van der Waals surface area (Å²) < 4.78 is 52.0. The van der Waals surface area contributed by atoms with Crippen LogP contribution in [-0.4, -0.2) is 119 Å². The highest BCUT2D eigenvalue weighted by Crippen LogP contribution is 2.65. The highest BCUT2D eigenvalue weighted by molar-refractivity contribution is 6.74. The van der Waals surface area contributed by atoms with Gasteiger partial charge in [0.05, 0.1) is 42.8 Å². The fraction of sp³-hybridized carbons (Fsp3) is 0.559. The van der Waals surface area contributed by atoms with Gasteiger partial charge in [-0.25, -0.2) is 14.4 Å². The molecule has 1 amide bonds. The topological polar surface area (TPSA) is 257 Å². The molecule has 3 aromatic carbocycles. The van der Waals surface area contributed by atoms with E-state index in [4.69, 9.17) is 37.3 Å². The van der Waals surface area contributed by atoms with Crippen molar-refractivity contribution in [3.63, 3.8) is 0 Å². The number of rotatable bonds is 18. The third kappa shape index (κ3) is 11.1. The van der Waals surface area contributed by atoms with E-state index in [1.807, 2.05) is 54.6 Å². The molecule has 21 heteroatoms. The molecule has 80 heavy (non-hydrogen) atoms. The Bertz CT molecular complexity index is 2910. The van der Waals surface area contributed by atoms with Crippen molar-refractivity contribution < 1.29 is 71.1 Å². The van der Waals surface area contributed by atoms with Crippen molar-refractivity contribution in [3.8, 4) is 0 Å². The molecule has 3 fully saturated rings. The minimum absolute atomic E-state index is 0.00868. The van der Waals surface area contributed by atoms with E-state index in [1.165, 1.54) is 24.3 Å². The third-order valence-corrected chi connectivity index (χ3v) is 27.4. The van der Waals surface area contributed by atoms with Crippen molar-refractivity contribution in [1.29, 1.82) is 0 Å². The monoisotopic (exact) mass is 1140 g/mol. The second-order valence-electron chi connectivity index (χ2n) is 23.9. The van der Waals surface area contributed by atoms with E-state index in [0.717, 1.165) is 14.0 Å². The number of carbonyl (C=O) groups excluding carboxylic acids is 6. The van der Waals surface area contributed by atoms with Crippen LogP contribution >= 0.6 is 0 Å². The van der Waals surface area contributed by atoms with Crippen LogP contribution in [0.5, 0.6) is 0 Å². The number of hydrogen-bond acceptors (Lipinski definition) is 16. The number of benzene rings is 3. The number of Topliss-reactive ketones (excluding diaryl/α,β-unsaturated/α-hetero) is 1. The van der Waals surface area contributed by atoms with E-state index in [-0.39, 0.29) is 35.4 Å². The van der Waals surface area contributed by atoms with E-state index in [1.54, 1.807) is 88.4 Å². The molecule has 4 aliphatic rings. The van der Waals surface area contributed by atoms with Gasteiger partial charge in [-0.2, -0.15) is 0 Å². The molecule has 1 heterocycles. The lowest BCUT2D eigenvalue weighted by atomic mass is 9.44. The molecule has 0 aromatic heterocycles. The molecule has 0 spiro atoms. The second kappa shape index (κ2) is 23.3. The van der Waals surface area contributed by atoms with Crippen LogP contribution in [0.3, 0.4) is 0 Å². The second-order valence-corrected chi connectivity index (χ2v) is 33.4. The van der Waals surface area contributed by atoms with Gasteiger partial charge in [-0.3, -0.25) is 14.4 Å². The number of amides is 1. The highest BCUT2D eigenvalue weighted by Gasteiger charge is 2.79. The number of methoxy groups -OCH3 is 1. The van der Waals surface area contributed by atoms with Crippen LogP contribution in [-0.2, 0) is 51.7 Å². The van der Waals surface area contributed by atoms with E-state index in [0.29, 0.717) is 29.3 Å². The van der Waals surface area contributed by atoms with Crippen LogP contribution in [0.4, 0.5) is 10.5 Å². The number of nitrogens with one attached hydrogen (secondary N) is 1. The Labute approximate surface area is 470 Å². The Morgan fingerprint density at radius 2 is 1.51 bits per heavy atom. The maximum Gasteiger partial charge on any atom is 0.508 e. The first-order chi connectivity index (χ1) is 37.5. The fourth-order valence-electron chi connectivity index (χ4n) is 12.3. The summed E-state index contributed by atoms with van der Waals surface area (Å²) in [6.07, 6.45) is -10.5. The molecule has 7 rings (SSSR count). The van der Waals surface area contributed by atoms with Crippen molar-refractivity contribution in [2.45, 2.75) is 179 Å². The number of nitrogens with zero attached hydrogens (tertiary/aromatic N) is 3. The van der Waals surface area contributed by atoms with Crippen LogP contribution in [0.2, 0.25) is 36.3 Å². The van der Waals surface area contributed by atoms with E-state index >= 15 is 14.4 Å². The molecule has 3 aliphatic carbocycles. The van der Waals surface area contributed by atoms with Gasteiger partial charge in [-0.1, -0.05) is 121 Å². The number of ether oxygens (including phenoxy) is 6. The average Bonchev–Trinajstić information content (AvgIpc) is 3.56. The summed E-state index contributed by atoms with van der Waals surface area (Å²) in [4.78, 5) is 92.2. The van der Waals surface area contributed by atoms with Gasteiger partial charge in [0.2, 0.25) is 0 Å². The number of hydrogen-bond donors (Lipinski definition) is 2. The Kier molecular flexibility index (Phi) is 17.9. The van der Waals surface area contributed by atoms with Crippen LogP contribution in [0.25, 0.3) is 10.4 Å². The minimum atomic E-state index is -2.99. The van der Waals surface area contributed by atoms with Gasteiger partial charge in [0.1, 0.15) is 23.9 Å². The first-order valence-electron chi connectivity index (χ1n) is 27.4. The molecule has 19 nitrogen and oxygen atoms in total. The molecule has 11 atom stereocenters. The summed E-state index contributed by atoms with van der Waals surface area (Å²) in [7, 11) is -4.61. The molecule has 432 valence electrons. The van der Waals surface area contributed by atoms with Crippen LogP contribution < -0.4 is 5.32 Å². The van der Waals surface area contributed by atoms with E-state index in [2.05, 4.69) is 15.3 Å². The predicted molar refractivity (Wildman–Crippen MR) is 300 cm³/mol. The van der Waals surface area contributed by atoms with Crippen molar-refractivity contribution in [3.05, 3.63) is 123 Å². The van der Waals surface area contributed by atoms with Gasteiger partial charge in [-0.15, -0.1) is 0 Å². The summed E-state index contributed by atoms with van der Waals surface area (Å²) in [6, 6.07) is 23.8. The molecule has 3 aromatic rings. The molecule has 1 saturated heterocycles. The summed E-state index contributed by atoms with van der Waals surface area (Å²) in [5.41, 5.74) is 2.44. The van der Waals surface area contributed by atoms with Crippen molar-refractivity contribution in [2.75, 3.05) is 13.7 Å². The zero-order chi connectivity index (χ0) is 59.0. The Morgan fingerprint density at radius 1 is 0.900 bits per heavy atom. The maximum atomic E-state index is 16.7. The summed E-state index contributed by atoms with van der Waals surface area (Å²) in [6.45, 7) is 23.3. The zero-order valence-corrected chi connectivity index (χ0v) is 50.4. The molecule has 2 unspecified atom stereocenters. The van der Waals surface area contributed by atoms with Gasteiger partial charge >= 0.3 is 24.1 Å². The van der Waals surface area contributed by atoms with Gasteiger partial charge in [-0.05, 0) is 96.6 Å². The zero-order valence-electron chi connectivity index (χ0n) is 48.4. The Morgan fingerprint density at radius 3 is 2.06 bits per heavy atom. The SMILES string of the molecule is CC[Si](CC)(CC)O[C@H]1C[C@H]2OC[C@@]2(OC(=O)OC)C2C(OC(=O)c3cccc(N=[N+]=[N-])c3)[C@]3(O)C[C@H](OC(=O)[C@H](O[Si](C)(C)C(C)(C)C)[C@@H](NC(=O)c4ccccc4)c4ccccc4)C(C)=C([C@@H](OC(C)=O)C(=O)[C@@]21C)C3(C)C. The standard InChI is InChI=1S/C59H78N4O15Si2/c1-15-80(16-2,17-3)77-42-32-43-58(34-72-43,76-54(69)71-12)48-50(75-52(67)39-29-24-30-40(31-39)62-63-60)59(70)33-41(35(4)44(56(59,9)10)46(73-36(5)64)49(65)57(42,48)11)74-53(68)47(78-79(13,14)55(6,7)8)45(37-25-20-18-21-26-37)61-51(66)38-27-22-19-23-28-38/h18-31,41-43,45-48,50,70H,15-17,32-34H2,1-14H3,(H,61,66)/t41-,42-,43+,45-,46+,47+,48?,50?,57+,58-,59+/m0/s1. The number of fused-ring (bicyclic) bond motifs is 5. The molecule has 0 radical (unpaired) electrons. The van der Waals surface area contributed by atoms with Gasteiger partial charge in [0, 0.05) is 41.3 Å².